The molecule has 3 aromatic carbocycles. The van der Waals surface area contributed by atoms with E-state index in [9.17, 15) is 13.6 Å². The van der Waals surface area contributed by atoms with Gasteiger partial charge in [-0.3, -0.25) is 9.36 Å². The lowest BCUT2D eigenvalue weighted by Gasteiger charge is -2.16. The fourth-order valence-electron chi connectivity index (χ4n) is 3.43. The molecule has 0 fully saturated rings. The topological polar surface area (TPSA) is 47.8 Å². The second-order valence-electron chi connectivity index (χ2n) is 7.70. The van der Waals surface area contributed by atoms with Gasteiger partial charge in [-0.25, -0.2) is 8.78 Å². The molecule has 0 saturated carbocycles. The summed E-state index contributed by atoms with van der Waals surface area (Å²) in [5.74, 6) is -1.80. The Labute approximate surface area is 199 Å². The number of carbonyl (C=O) groups is 1. The summed E-state index contributed by atoms with van der Waals surface area (Å²) in [5, 5.41) is 9.22. The number of nitrogens with zero attached hydrogens (tertiary/aromatic N) is 3. The summed E-state index contributed by atoms with van der Waals surface area (Å²) in [4.78, 5) is 12.9. The molecule has 0 aliphatic rings. The average Bonchev–Trinajstić information content (AvgIpc) is 3.20. The van der Waals surface area contributed by atoms with Crippen molar-refractivity contribution < 1.29 is 13.6 Å². The van der Waals surface area contributed by atoms with Gasteiger partial charge >= 0.3 is 0 Å². The van der Waals surface area contributed by atoms with E-state index in [-0.39, 0.29) is 11.3 Å². The van der Waals surface area contributed by atoms with Gasteiger partial charge in [0.15, 0.2) is 28.4 Å². The smallest absolute Gasteiger partial charge is 0.196 e. The summed E-state index contributed by atoms with van der Waals surface area (Å²) in [7, 11) is 0. The second kappa shape index (κ2) is 9.45. The van der Waals surface area contributed by atoms with Gasteiger partial charge in [-0.05, 0) is 68.3 Å². The third kappa shape index (κ3) is 4.84. The second-order valence-corrected chi connectivity index (χ2v) is 9.44. The van der Waals surface area contributed by atoms with Crippen LogP contribution in [0.15, 0.2) is 65.8 Å². The number of hydrogen-bond donors (Lipinski definition) is 0. The van der Waals surface area contributed by atoms with Crippen molar-refractivity contribution in [2.24, 2.45) is 0 Å². The minimum absolute atomic E-state index is 0.0989. The van der Waals surface area contributed by atoms with E-state index in [1.165, 1.54) is 17.8 Å². The summed E-state index contributed by atoms with van der Waals surface area (Å²) in [6.07, 6.45) is 0. The Hall–Kier alpha value is -3.03. The van der Waals surface area contributed by atoms with Crippen molar-refractivity contribution in [1.82, 2.24) is 14.8 Å². The van der Waals surface area contributed by atoms with E-state index in [0.29, 0.717) is 16.0 Å². The summed E-state index contributed by atoms with van der Waals surface area (Å²) in [6, 6.07) is 16.5. The zero-order chi connectivity index (χ0) is 23.7. The number of carbonyl (C=O) groups excluding carboxylic acids is 1. The zero-order valence-electron chi connectivity index (χ0n) is 18.1. The molecule has 1 aromatic heterocycles. The molecular weight excluding hydrogens is 464 g/mol. The van der Waals surface area contributed by atoms with Crippen LogP contribution in [-0.4, -0.2) is 25.8 Å². The van der Waals surface area contributed by atoms with E-state index >= 15 is 0 Å². The van der Waals surface area contributed by atoms with E-state index in [1.807, 2.05) is 48.7 Å². The predicted molar refractivity (Wildman–Crippen MR) is 127 cm³/mol. The van der Waals surface area contributed by atoms with Gasteiger partial charge < -0.3 is 0 Å². The van der Waals surface area contributed by atoms with Gasteiger partial charge in [-0.1, -0.05) is 47.6 Å². The number of Topliss-reactive ketones (excluding diaryl/α,β-unsaturated/α-hetero) is 1. The van der Waals surface area contributed by atoms with Gasteiger partial charge in [0.1, 0.15) is 0 Å². The van der Waals surface area contributed by atoms with Crippen LogP contribution in [0.25, 0.3) is 17.1 Å². The molecule has 4 nitrogen and oxygen atoms in total. The molecule has 0 amide bonds. The zero-order valence-corrected chi connectivity index (χ0v) is 19.7. The first-order chi connectivity index (χ1) is 15.7. The normalized spacial score (nSPS) is 12.1. The van der Waals surface area contributed by atoms with Crippen LogP contribution in [0.3, 0.4) is 0 Å². The van der Waals surface area contributed by atoms with Crippen molar-refractivity contribution >= 4 is 29.1 Å². The Morgan fingerprint density at radius 3 is 2.52 bits per heavy atom. The van der Waals surface area contributed by atoms with E-state index in [2.05, 4.69) is 10.2 Å². The molecule has 0 aliphatic carbocycles. The lowest BCUT2D eigenvalue weighted by molar-refractivity contribution is 0.0993. The highest BCUT2D eigenvalue weighted by molar-refractivity contribution is 8.00. The SMILES string of the molecule is Cc1ccc(C)c(-n2c(S[C@@H](C)C(=O)c3ccc(F)c(F)c3)nnc2-c2cccc(Cl)c2)c1. The predicted octanol–water partition coefficient (Wildman–Crippen LogP) is 6.85. The first-order valence-corrected chi connectivity index (χ1v) is 11.5. The Morgan fingerprint density at radius 2 is 1.79 bits per heavy atom. The number of ketones is 1. The lowest BCUT2D eigenvalue weighted by atomic mass is 10.1. The maximum Gasteiger partial charge on any atom is 0.196 e. The first kappa shape index (κ1) is 23.1. The van der Waals surface area contributed by atoms with Crippen molar-refractivity contribution in [3.05, 3.63) is 94.0 Å². The molecule has 33 heavy (non-hydrogen) atoms. The summed E-state index contributed by atoms with van der Waals surface area (Å²) in [6.45, 7) is 5.69. The van der Waals surface area contributed by atoms with Gasteiger partial charge in [0, 0.05) is 16.1 Å². The molecule has 1 atom stereocenters. The van der Waals surface area contributed by atoms with Crippen LogP contribution < -0.4 is 0 Å². The molecule has 4 aromatic rings. The monoisotopic (exact) mass is 483 g/mol. The van der Waals surface area contributed by atoms with Gasteiger partial charge in [0.05, 0.1) is 10.9 Å². The van der Waals surface area contributed by atoms with E-state index in [0.717, 1.165) is 34.5 Å². The van der Waals surface area contributed by atoms with Crippen LogP contribution in [0, 0.1) is 25.5 Å². The highest BCUT2D eigenvalue weighted by Gasteiger charge is 2.24. The molecule has 168 valence electrons. The molecule has 8 heteroatoms. The highest BCUT2D eigenvalue weighted by atomic mass is 35.5. The number of hydrogen-bond acceptors (Lipinski definition) is 4. The summed E-state index contributed by atoms with van der Waals surface area (Å²) in [5.41, 5.74) is 3.82. The highest BCUT2D eigenvalue weighted by Crippen LogP contribution is 2.33. The van der Waals surface area contributed by atoms with Crippen molar-refractivity contribution in [3.8, 4) is 17.1 Å². The van der Waals surface area contributed by atoms with Crippen LogP contribution in [-0.2, 0) is 0 Å². The number of rotatable bonds is 6. The maximum absolute atomic E-state index is 13.6. The summed E-state index contributed by atoms with van der Waals surface area (Å²) < 4.78 is 28.8. The van der Waals surface area contributed by atoms with Crippen molar-refractivity contribution in [2.75, 3.05) is 0 Å². The van der Waals surface area contributed by atoms with Gasteiger partial charge in [-0.2, -0.15) is 0 Å². The average molecular weight is 484 g/mol. The fraction of sp³-hybridized carbons (Fsp3) is 0.160. The minimum Gasteiger partial charge on any atom is -0.293 e. The van der Waals surface area contributed by atoms with Crippen LogP contribution >= 0.6 is 23.4 Å². The molecule has 0 saturated heterocycles. The number of thioether (sulfide) groups is 1. The van der Waals surface area contributed by atoms with Crippen molar-refractivity contribution in [3.63, 3.8) is 0 Å². The molecule has 0 N–H and O–H groups in total. The number of benzene rings is 3. The van der Waals surface area contributed by atoms with Gasteiger partial charge in [0.25, 0.3) is 0 Å². The molecule has 4 rings (SSSR count). The van der Waals surface area contributed by atoms with Crippen LogP contribution in [0.4, 0.5) is 8.78 Å². The number of aromatic nitrogens is 3. The van der Waals surface area contributed by atoms with E-state index < -0.39 is 16.9 Å². The quantitative estimate of drug-likeness (QED) is 0.222. The minimum atomic E-state index is -1.06. The third-order valence-corrected chi connectivity index (χ3v) is 6.46. The molecule has 0 unspecified atom stereocenters. The van der Waals surface area contributed by atoms with E-state index in [4.69, 9.17) is 11.6 Å². The van der Waals surface area contributed by atoms with Gasteiger partial charge in [-0.15, -0.1) is 10.2 Å². The number of halogens is 3. The Bertz CT molecular complexity index is 1360. The summed E-state index contributed by atoms with van der Waals surface area (Å²) >= 11 is 7.41. The molecule has 1 heterocycles. The molecular formula is C25H20ClF2N3OS. The molecule has 0 spiro atoms. The fourth-order valence-corrected chi connectivity index (χ4v) is 4.56. The van der Waals surface area contributed by atoms with Crippen molar-refractivity contribution in [1.29, 1.82) is 0 Å². The Balaban J connectivity index is 1.77. The molecule has 0 radical (unpaired) electrons. The standard InChI is InChI=1S/C25H20ClF2N3OS/c1-14-7-8-15(2)22(11-14)31-24(18-5-4-6-19(26)12-18)29-30-25(31)33-16(3)23(32)17-9-10-20(27)21(28)13-17/h4-13,16H,1-3H3/t16-/m0/s1. The Kier molecular flexibility index (Phi) is 6.63. The molecule has 0 bridgehead atoms. The van der Waals surface area contributed by atoms with Crippen molar-refractivity contribution in [2.45, 2.75) is 31.2 Å². The first-order valence-electron chi connectivity index (χ1n) is 10.2. The lowest BCUT2D eigenvalue weighted by Crippen LogP contribution is -2.15. The van der Waals surface area contributed by atoms with Crippen LogP contribution in [0.1, 0.15) is 28.4 Å². The maximum atomic E-state index is 13.6. The van der Waals surface area contributed by atoms with Gasteiger partial charge in [0.2, 0.25) is 0 Å². The van der Waals surface area contributed by atoms with Crippen LogP contribution in [0.5, 0.6) is 0 Å². The number of aryl methyl sites for hydroxylation is 2. The molecule has 0 aliphatic heterocycles. The largest absolute Gasteiger partial charge is 0.293 e. The third-order valence-electron chi connectivity index (χ3n) is 5.18. The van der Waals surface area contributed by atoms with E-state index in [1.54, 1.807) is 19.1 Å². The Morgan fingerprint density at radius 1 is 1.00 bits per heavy atom. The van der Waals surface area contributed by atoms with Crippen LogP contribution in [0.2, 0.25) is 5.02 Å².